The highest BCUT2D eigenvalue weighted by Crippen LogP contribution is 2.30. The number of sulfonamides is 1. The van der Waals surface area contributed by atoms with Crippen molar-refractivity contribution < 1.29 is 12.8 Å². The Morgan fingerprint density at radius 2 is 1.86 bits per heavy atom. The Kier molecular flexibility index (Phi) is 4.22. The molecule has 0 aromatic heterocycles. The summed E-state index contributed by atoms with van der Waals surface area (Å²) in [6.07, 6.45) is 0. The van der Waals surface area contributed by atoms with E-state index in [4.69, 9.17) is 10.9 Å². The second-order valence-corrected chi connectivity index (χ2v) is 6.92. The van der Waals surface area contributed by atoms with Gasteiger partial charge in [-0.2, -0.15) is 0 Å². The van der Waals surface area contributed by atoms with Gasteiger partial charge >= 0.3 is 0 Å². The lowest BCUT2D eigenvalue weighted by molar-refractivity contribution is 0.598. The highest BCUT2D eigenvalue weighted by atomic mass is 79.9. The fourth-order valence-electron chi connectivity index (χ4n) is 1.75. The van der Waals surface area contributed by atoms with Crippen LogP contribution in [0.3, 0.4) is 0 Å². The minimum absolute atomic E-state index is 0.0746. The van der Waals surface area contributed by atoms with Crippen LogP contribution in [0.1, 0.15) is 5.56 Å². The first-order valence-electron chi connectivity index (χ1n) is 5.83. The molecule has 0 aliphatic rings. The lowest BCUT2D eigenvalue weighted by Crippen LogP contribution is -2.12. The quantitative estimate of drug-likeness (QED) is 0.720. The summed E-state index contributed by atoms with van der Waals surface area (Å²) in [6, 6.07) is 6.95. The summed E-state index contributed by atoms with van der Waals surface area (Å²) in [5, 5.41) is 8.00. The van der Waals surface area contributed by atoms with Gasteiger partial charge in [0.25, 0.3) is 0 Å². The van der Waals surface area contributed by atoms with E-state index < -0.39 is 15.8 Å². The highest BCUT2D eigenvalue weighted by Gasteiger charge is 2.12. The molecule has 0 saturated heterocycles. The molecule has 0 spiro atoms. The summed E-state index contributed by atoms with van der Waals surface area (Å²) in [5.41, 5.74) is 7.71. The van der Waals surface area contributed by atoms with Gasteiger partial charge in [0.05, 0.1) is 20.7 Å². The van der Waals surface area contributed by atoms with Crippen LogP contribution in [0.4, 0.5) is 21.5 Å². The molecule has 0 aliphatic carbocycles. The molecule has 0 amide bonds. The van der Waals surface area contributed by atoms with Gasteiger partial charge in [-0.3, -0.25) is 0 Å². The molecule has 2 aromatic carbocycles. The predicted octanol–water partition coefficient (Wildman–Crippen LogP) is 2.87. The van der Waals surface area contributed by atoms with Gasteiger partial charge < -0.3 is 11.1 Å². The molecule has 0 unspecified atom stereocenters. The summed E-state index contributed by atoms with van der Waals surface area (Å²) < 4.78 is 36.7. The Labute approximate surface area is 130 Å². The number of nitrogens with two attached hydrogens (primary N) is 2. The Morgan fingerprint density at radius 3 is 2.48 bits per heavy atom. The number of primary sulfonamides is 1. The first kappa shape index (κ1) is 15.7. The summed E-state index contributed by atoms with van der Waals surface area (Å²) in [4.78, 5) is -0.0746. The first-order valence-corrected chi connectivity index (χ1v) is 8.17. The molecule has 0 saturated carbocycles. The molecule has 0 aliphatic heterocycles. The van der Waals surface area contributed by atoms with Crippen LogP contribution in [-0.2, 0) is 10.0 Å². The molecule has 0 atom stereocenters. The molecular formula is C13H13BrFN3O2S. The van der Waals surface area contributed by atoms with Crippen molar-refractivity contribution in [3.63, 3.8) is 0 Å². The molecular weight excluding hydrogens is 361 g/mol. The van der Waals surface area contributed by atoms with Crippen LogP contribution in [0.15, 0.2) is 39.7 Å². The molecule has 5 nitrogen and oxygen atoms in total. The van der Waals surface area contributed by atoms with E-state index in [1.165, 1.54) is 24.3 Å². The Morgan fingerprint density at radius 1 is 1.19 bits per heavy atom. The summed E-state index contributed by atoms with van der Waals surface area (Å²) in [7, 11) is -3.84. The smallest absolute Gasteiger partial charge is 0.238 e. The van der Waals surface area contributed by atoms with Crippen molar-refractivity contribution in [2.45, 2.75) is 11.8 Å². The van der Waals surface area contributed by atoms with E-state index >= 15 is 0 Å². The maximum absolute atomic E-state index is 13.6. The second-order valence-electron chi connectivity index (χ2n) is 4.50. The average molecular weight is 374 g/mol. The maximum atomic E-state index is 13.6. The van der Waals surface area contributed by atoms with Gasteiger partial charge in [0, 0.05) is 5.69 Å². The molecule has 0 fully saturated rings. The van der Waals surface area contributed by atoms with Crippen molar-refractivity contribution in [3.05, 3.63) is 46.2 Å². The van der Waals surface area contributed by atoms with Crippen LogP contribution in [-0.4, -0.2) is 8.42 Å². The maximum Gasteiger partial charge on any atom is 0.238 e. The Balaban J connectivity index is 2.47. The van der Waals surface area contributed by atoms with E-state index in [1.807, 2.05) is 0 Å². The Bertz CT molecular complexity index is 809. The molecule has 0 heterocycles. The van der Waals surface area contributed by atoms with Crippen molar-refractivity contribution in [3.8, 4) is 0 Å². The molecule has 0 bridgehead atoms. The van der Waals surface area contributed by atoms with Crippen LogP contribution in [0.25, 0.3) is 0 Å². The van der Waals surface area contributed by atoms with E-state index in [0.29, 0.717) is 21.5 Å². The van der Waals surface area contributed by atoms with Gasteiger partial charge in [-0.25, -0.2) is 17.9 Å². The monoisotopic (exact) mass is 373 g/mol. The Hall–Kier alpha value is -1.64. The molecule has 0 radical (unpaired) electrons. The molecule has 2 rings (SSSR count). The lowest BCUT2D eigenvalue weighted by Gasteiger charge is -2.13. The zero-order chi connectivity index (χ0) is 15.8. The third-order valence-electron chi connectivity index (χ3n) is 2.89. The van der Waals surface area contributed by atoms with E-state index in [9.17, 15) is 12.8 Å². The minimum atomic E-state index is -3.84. The average Bonchev–Trinajstić information content (AvgIpc) is 2.37. The van der Waals surface area contributed by atoms with Crippen LogP contribution in [0.2, 0.25) is 0 Å². The van der Waals surface area contributed by atoms with Gasteiger partial charge in [0.2, 0.25) is 10.0 Å². The van der Waals surface area contributed by atoms with Crippen molar-refractivity contribution in [1.29, 1.82) is 0 Å². The number of hydrogen-bond acceptors (Lipinski definition) is 4. The van der Waals surface area contributed by atoms with Gasteiger partial charge in [-0.05, 0) is 58.7 Å². The first-order chi connectivity index (χ1) is 9.68. The van der Waals surface area contributed by atoms with Crippen LogP contribution < -0.4 is 16.2 Å². The number of rotatable bonds is 3. The largest absolute Gasteiger partial charge is 0.397 e. The van der Waals surface area contributed by atoms with Crippen molar-refractivity contribution in [1.82, 2.24) is 0 Å². The van der Waals surface area contributed by atoms with E-state index in [2.05, 4.69) is 21.2 Å². The molecule has 112 valence electrons. The topological polar surface area (TPSA) is 98.2 Å². The SMILES string of the molecule is Cc1cc(Br)c(F)cc1Nc1cc(S(N)(=O)=O)ccc1N. The van der Waals surface area contributed by atoms with Gasteiger partial charge in [-0.1, -0.05) is 0 Å². The fraction of sp³-hybridized carbons (Fsp3) is 0.0769. The summed E-state index contributed by atoms with van der Waals surface area (Å²) >= 11 is 3.09. The number of hydrogen-bond donors (Lipinski definition) is 3. The number of anilines is 3. The van der Waals surface area contributed by atoms with Gasteiger partial charge in [0.1, 0.15) is 5.82 Å². The molecule has 2 aromatic rings. The third kappa shape index (κ3) is 3.52. The second kappa shape index (κ2) is 5.63. The van der Waals surface area contributed by atoms with E-state index in [1.54, 1.807) is 13.0 Å². The number of aryl methyl sites for hydroxylation is 1. The van der Waals surface area contributed by atoms with E-state index in [0.717, 1.165) is 5.56 Å². The minimum Gasteiger partial charge on any atom is -0.397 e. The van der Waals surface area contributed by atoms with Crippen molar-refractivity contribution in [2.75, 3.05) is 11.1 Å². The highest BCUT2D eigenvalue weighted by molar-refractivity contribution is 9.10. The molecule has 8 heteroatoms. The van der Waals surface area contributed by atoms with Crippen LogP contribution in [0, 0.1) is 12.7 Å². The zero-order valence-corrected chi connectivity index (χ0v) is 13.4. The standard InChI is InChI=1S/C13H13BrFN3O2S/c1-7-4-9(14)10(15)6-12(7)18-13-5-8(21(17,19)20)2-3-11(13)16/h2-6,18H,16H2,1H3,(H2,17,19,20). The van der Waals surface area contributed by atoms with Crippen molar-refractivity contribution >= 4 is 43.0 Å². The number of nitrogen functional groups attached to an aromatic ring is 1. The summed E-state index contributed by atoms with van der Waals surface area (Å²) in [5.74, 6) is -0.440. The van der Waals surface area contributed by atoms with Gasteiger partial charge in [-0.15, -0.1) is 0 Å². The number of halogens is 2. The van der Waals surface area contributed by atoms with Crippen LogP contribution in [0.5, 0.6) is 0 Å². The van der Waals surface area contributed by atoms with E-state index in [-0.39, 0.29) is 4.90 Å². The fourth-order valence-corrected chi connectivity index (χ4v) is 2.74. The normalized spacial score (nSPS) is 11.4. The molecule has 21 heavy (non-hydrogen) atoms. The van der Waals surface area contributed by atoms with Crippen molar-refractivity contribution in [2.24, 2.45) is 5.14 Å². The molecule has 5 N–H and O–H groups in total. The lowest BCUT2D eigenvalue weighted by atomic mass is 10.2. The van der Waals surface area contributed by atoms with Gasteiger partial charge in [0.15, 0.2) is 0 Å². The number of benzene rings is 2. The zero-order valence-electron chi connectivity index (χ0n) is 11.0. The summed E-state index contributed by atoms with van der Waals surface area (Å²) in [6.45, 7) is 1.78. The third-order valence-corrected chi connectivity index (χ3v) is 4.41. The van der Waals surface area contributed by atoms with Crippen LogP contribution >= 0.6 is 15.9 Å². The predicted molar refractivity (Wildman–Crippen MR) is 84.3 cm³/mol. The number of nitrogens with one attached hydrogen (secondary N) is 1.